The van der Waals surface area contributed by atoms with Crippen LogP contribution in [-0.4, -0.2) is 74.9 Å². The third-order valence-electron chi connectivity index (χ3n) is 5.27. The molecule has 2 rings (SSSR count). The number of nitrogens with zero attached hydrogens (tertiary/aromatic N) is 2. The first-order valence-electron chi connectivity index (χ1n) is 9.01. The van der Waals surface area contributed by atoms with Crippen LogP contribution in [0.2, 0.25) is 0 Å². The molecule has 134 valence electrons. The van der Waals surface area contributed by atoms with E-state index in [1.807, 2.05) is 11.9 Å². The zero-order chi connectivity index (χ0) is 16.9. The summed E-state index contributed by atoms with van der Waals surface area (Å²) in [4.78, 5) is 17.1. The third-order valence-corrected chi connectivity index (χ3v) is 5.27. The molecule has 2 saturated heterocycles. The maximum absolute atomic E-state index is 12.7. The largest absolute Gasteiger partial charge is 0.383 e. The van der Waals surface area contributed by atoms with E-state index in [1.165, 1.54) is 12.8 Å². The number of methoxy groups -OCH3 is 1. The average molecular weight is 326 g/mol. The van der Waals surface area contributed by atoms with Gasteiger partial charge in [0.2, 0.25) is 5.91 Å². The van der Waals surface area contributed by atoms with Crippen molar-refractivity contribution < 1.29 is 14.3 Å². The van der Waals surface area contributed by atoms with Crippen molar-refractivity contribution in [3.05, 3.63) is 0 Å². The summed E-state index contributed by atoms with van der Waals surface area (Å²) in [5, 5.41) is 0. The van der Waals surface area contributed by atoms with Gasteiger partial charge in [0.05, 0.1) is 12.2 Å². The topological polar surface area (TPSA) is 42.0 Å². The fourth-order valence-electron chi connectivity index (χ4n) is 3.84. The van der Waals surface area contributed by atoms with E-state index in [0.717, 1.165) is 45.6 Å². The van der Waals surface area contributed by atoms with Gasteiger partial charge in [0.25, 0.3) is 0 Å². The maximum Gasteiger partial charge on any atom is 0.225 e. The van der Waals surface area contributed by atoms with E-state index in [-0.39, 0.29) is 11.5 Å². The summed E-state index contributed by atoms with van der Waals surface area (Å²) in [6.45, 7) is 9.85. The summed E-state index contributed by atoms with van der Waals surface area (Å²) >= 11 is 0. The van der Waals surface area contributed by atoms with E-state index in [4.69, 9.17) is 9.47 Å². The molecule has 0 aliphatic carbocycles. The van der Waals surface area contributed by atoms with Crippen LogP contribution in [-0.2, 0) is 14.3 Å². The second-order valence-corrected chi connectivity index (χ2v) is 7.79. The van der Waals surface area contributed by atoms with Crippen molar-refractivity contribution in [2.75, 3.05) is 53.6 Å². The van der Waals surface area contributed by atoms with Gasteiger partial charge >= 0.3 is 0 Å². The minimum atomic E-state index is -0.161. The summed E-state index contributed by atoms with van der Waals surface area (Å²) in [5.41, 5.74) is -0.161. The smallest absolute Gasteiger partial charge is 0.225 e. The van der Waals surface area contributed by atoms with Gasteiger partial charge in [-0.25, -0.2) is 0 Å². The Labute approximate surface area is 141 Å². The first-order chi connectivity index (χ1) is 10.9. The van der Waals surface area contributed by atoms with E-state index in [0.29, 0.717) is 18.4 Å². The lowest BCUT2D eigenvalue weighted by molar-refractivity contribution is -0.144. The van der Waals surface area contributed by atoms with Gasteiger partial charge in [-0.1, -0.05) is 0 Å². The molecule has 0 aromatic heterocycles. The first kappa shape index (κ1) is 18.7. The number of ether oxygens (including phenoxy) is 2. The second kappa shape index (κ2) is 8.45. The summed E-state index contributed by atoms with van der Waals surface area (Å²) < 4.78 is 10.9. The highest BCUT2D eigenvalue weighted by molar-refractivity contribution is 5.78. The van der Waals surface area contributed by atoms with Crippen molar-refractivity contribution in [3.8, 4) is 0 Å². The summed E-state index contributed by atoms with van der Waals surface area (Å²) in [7, 11) is 3.73. The number of carbonyl (C=O) groups is 1. The third kappa shape index (κ3) is 5.73. The van der Waals surface area contributed by atoms with Crippen molar-refractivity contribution in [2.24, 2.45) is 11.8 Å². The monoisotopic (exact) mass is 326 g/mol. The number of amides is 1. The van der Waals surface area contributed by atoms with Crippen LogP contribution in [0, 0.1) is 11.8 Å². The molecule has 2 aliphatic heterocycles. The SMILES string of the molecule is COCCN1CCC(CN(C)C(=O)C2CCOC(C)(C)C2)CC1. The van der Waals surface area contributed by atoms with Gasteiger partial charge in [-0.3, -0.25) is 4.79 Å². The molecule has 0 radical (unpaired) electrons. The zero-order valence-corrected chi connectivity index (χ0v) is 15.3. The molecular formula is C18H34N2O3. The molecular weight excluding hydrogens is 292 g/mol. The van der Waals surface area contributed by atoms with Gasteiger partial charge in [0.1, 0.15) is 0 Å². The highest BCUT2D eigenvalue weighted by atomic mass is 16.5. The number of piperidine rings is 1. The van der Waals surface area contributed by atoms with E-state index in [9.17, 15) is 4.79 Å². The number of hydrogen-bond donors (Lipinski definition) is 0. The van der Waals surface area contributed by atoms with Gasteiger partial charge in [-0.2, -0.15) is 0 Å². The Balaban J connectivity index is 1.74. The van der Waals surface area contributed by atoms with Gasteiger partial charge in [0.15, 0.2) is 0 Å². The van der Waals surface area contributed by atoms with Crippen molar-refractivity contribution in [1.29, 1.82) is 0 Å². The predicted octanol–water partition coefficient (Wildman–Crippen LogP) is 2.01. The van der Waals surface area contributed by atoms with E-state index in [1.54, 1.807) is 7.11 Å². The highest BCUT2D eigenvalue weighted by Crippen LogP contribution is 2.30. The fourth-order valence-corrected chi connectivity index (χ4v) is 3.84. The van der Waals surface area contributed by atoms with Crippen LogP contribution in [0.1, 0.15) is 39.5 Å². The minimum Gasteiger partial charge on any atom is -0.383 e. The predicted molar refractivity (Wildman–Crippen MR) is 91.4 cm³/mol. The molecule has 2 aliphatic rings. The molecule has 23 heavy (non-hydrogen) atoms. The Kier molecular flexibility index (Phi) is 6.86. The Hall–Kier alpha value is -0.650. The average Bonchev–Trinajstić information content (AvgIpc) is 2.52. The van der Waals surface area contributed by atoms with Gasteiger partial charge in [-0.15, -0.1) is 0 Å². The molecule has 0 saturated carbocycles. The molecule has 0 aromatic rings. The zero-order valence-electron chi connectivity index (χ0n) is 15.3. The van der Waals surface area contributed by atoms with Crippen LogP contribution < -0.4 is 0 Å². The number of rotatable bonds is 6. The Bertz CT molecular complexity index is 378. The highest BCUT2D eigenvalue weighted by Gasteiger charge is 2.34. The molecule has 5 nitrogen and oxygen atoms in total. The van der Waals surface area contributed by atoms with Crippen LogP contribution in [0.15, 0.2) is 0 Å². The van der Waals surface area contributed by atoms with Gasteiger partial charge in [0, 0.05) is 39.8 Å². The number of carbonyl (C=O) groups excluding carboxylic acids is 1. The molecule has 0 bridgehead atoms. The normalized spacial score (nSPS) is 26.2. The van der Waals surface area contributed by atoms with Crippen molar-refractivity contribution >= 4 is 5.91 Å². The first-order valence-corrected chi connectivity index (χ1v) is 9.01. The lowest BCUT2D eigenvalue weighted by Gasteiger charge is -2.38. The Morgan fingerprint density at radius 1 is 1.30 bits per heavy atom. The van der Waals surface area contributed by atoms with Crippen LogP contribution >= 0.6 is 0 Å². The summed E-state index contributed by atoms with van der Waals surface area (Å²) in [6, 6.07) is 0. The molecule has 0 spiro atoms. The number of likely N-dealkylation sites (tertiary alicyclic amines) is 1. The molecule has 5 heteroatoms. The molecule has 1 amide bonds. The standard InChI is InChI=1S/C18H34N2O3/c1-18(2)13-16(7-11-23-18)17(21)19(3)14-15-5-8-20(9-6-15)10-12-22-4/h15-16H,5-14H2,1-4H3. The van der Waals surface area contributed by atoms with Crippen LogP contribution in [0.5, 0.6) is 0 Å². The van der Waals surface area contributed by atoms with Crippen molar-refractivity contribution in [1.82, 2.24) is 9.80 Å². The second-order valence-electron chi connectivity index (χ2n) is 7.79. The van der Waals surface area contributed by atoms with Crippen LogP contribution in [0.25, 0.3) is 0 Å². The number of hydrogen-bond acceptors (Lipinski definition) is 4. The molecule has 1 atom stereocenters. The molecule has 0 aromatic carbocycles. The van der Waals surface area contributed by atoms with Crippen molar-refractivity contribution in [3.63, 3.8) is 0 Å². The maximum atomic E-state index is 12.7. The van der Waals surface area contributed by atoms with E-state index in [2.05, 4.69) is 18.7 Å². The van der Waals surface area contributed by atoms with E-state index < -0.39 is 0 Å². The van der Waals surface area contributed by atoms with Gasteiger partial charge in [-0.05, 0) is 58.5 Å². The van der Waals surface area contributed by atoms with Crippen LogP contribution in [0.3, 0.4) is 0 Å². The summed E-state index contributed by atoms with van der Waals surface area (Å²) in [5.74, 6) is 1.07. The fraction of sp³-hybridized carbons (Fsp3) is 0.944. The Morgan fingerprint density at radius 2 is 2.00 bits per heavy atom. The Morgan fingerprint density at radius 3 is 2.61 bits per heavy atom. The van der Waals surface area contributed by atoms with Gasteiger partial charge < -0.3 is 19.3 Å². The minimum absolute atomic E-state index is 0.130. The molecule has 2 heterocycles. The lowest BCUT2D eigenvalue weighted by Crippen LogP contribution is -2.45. The molecule has 0 N–H and O–H groups in total. The van der Waals surface area contributed by atoms with E-state index >= 15 is 0 Å². The quantitative estimate of drug-likeness (QED) is 0.749. The lowest BCUT2D eigenvalue weighted by atomic mass is 9.87. The molecule has 2 fully saturated rings. The van der Waals surface area contributed by atoms with Crippen molar-refractivity contribution in [2.45, 2.75) is 45.1 Å². The van der Waals surface area contributed by atoms with Crippen LogP contribution in [0.4, 0.5) is 0 Å². The molecule has 1 unspecified atom stereocenters. The summed E-state index contributed by atoms with van der Waals surface area (Å²) in [6.07, 6.45) is 4.06.